The van der Waals surface area contributed by atoms with Gasteiger partial charge in [-0.25, -0.2) is 18.9 Å². The molecule has 1 aliphatic heterocycles. The summed E-state index contributed by atoms with van der Waals surface area (Å²) in [6, 6.07) is 4.61. The summed E-state index contributed by atoms with van der Waals surface area (Å²) in [5.74, 6) is -0.467. The third-order valence-electron chi connectivity index (χ3n) is 4.23. The molecule has 1 saturated heterocycles. The quantitative estimate of drug-likeness (QED) is 0.591. The van der Waals surface area contributed by atoms with Gasteiger partial charge in [-0.1, -0.05) is 12.2 Å². The smallest absolute Gasteiger partial charge is 0.414 e. The number of benzene rings is 1. The maximum absolute atomic E-state index is 14.8. The second kappa shape index (κ2) is 8.17. The Bertz CT molecular complexity index is 1040. The number of nitrogens with zero attached hydrogens (tertiary/aromatic N) is 6. The van der Waals surface area contributed by atoms with Crippen LogP contribution in [0.15, 0.2) is 29.9 Å². The van der Waals surface area contributed by atoms with Crippen LogP contribution in [0.3, 0.4) is 0 Å². The van der Waals surface area contributed by atoms with E-state index in [4.69, 9.17) is 17.0 Å². The molecule has 1 aromatic carbocycles. The molecule has 0 aliphatic carbocycles. The number of hydrogen-bond donors (Lipinski definition) is 1. The van der Waals surface area contributed by atoms with Crippen molar-refractivity contribution in [2.75, 3.05) is 18.0 Å². The molecular weight excluding hydrogens is 417 g/mol. The van der Waals surface area contributed by atoms with Gasteiger partial charge in [0.05, 0.1) is 36.0 Å². The van der Waals surface area contributed by atoms with Crippen LogP contribution >= 0.6 is 23.6 Å². The van der Waals surface area contributed by atoms with Crippen LogP contribution in [0, 0.1) is 5.82 Å². The Morgan fingerprint density at radius 1 is 1.48 bits per heavy atom. The van der Waals surface area contributed by atoms with Crippen molar-refractivity contribution in [2.45, 2.75) is 19.6 Å². The molecule has 1 N–H and O–H groups in total. The number of thiazole rings is 1. The first-order chi connectivity index (χ1) is 14.0. The van der Waals surface area contributed by atoms with Crippen LogP contribution in [-0.2, 0) is 11.3 Å². The molecule has 12 heteroatoms. The number of rotatable bonds is 6. The van der Waals surface area contributed by atoms with Gasteiger partial charge in [0.15, 0.2) is 0 Å². The molecular formula is C17H16FN7O2S2. The molecule has 1 fully saturated rings. The number of tetrazole rings is 1. The van der Waals surface area contributed by atoms with Gasteiger partial charge in [0, 0.05) is 10.9 Å². The molecule has 0 radical (unpaired) electrons. The molecule has 0 unspecified atom stereocenters. The molecule has 0 spiro atoms. The van der Waals surface area contributed by atoms with Crippen molar-refractivity contribution < 1.29 is 13.9 Å². The van der Waals surface area contributed by atoms with Crippen LogP contribution in [0.1, 0.15) is 11.9 Å². The number of aromatic nitrogens is 5. The summed E-state index contributed by atoms with van der Waals surface area (Å²) in [7, 11) is 0. The molecule has 3 heterocycles. The van der Waals surface area contributed by atoms with Crippen LogP contribution in [-0.4, -0.2) is 55.5 Å². The number of carbonyl (C=O) groups excluding carboxylic acids is 1. The highest BCUT2D eigenvalue weighted by atomic mass is 32.1. The fourth-order valence-electron chi connectivity index (χ4n) is 2.87. The number of nitrogens with one attached hydrogen (secondary N) is 1. The van der Waals surface area contributed by atoms with Gasteiger partial charge in [0.1, 0.15) is 23.3 Å². The van der Waals surface area contributed by atoms with Gasteiger partial charge in [0.25, 0.3) is 0 Å². The molecule has 0 saturated carbocycles. The average Bonchev–Trinajstić information content (AvgIpc) is 3.42. The summed E-state index contributed by atoms with van der Waals surface area (Å²) < 4.78 is 21.6. The minimum atomic E-state index is -0.511. The number of thiocarbonyl (C=S) groups is 1. The SMILES string of the molecule is CC(=S)NC[C@H]1CN(c2ccc(-c3csc(Cn4cnnn4)n3)c(F)c2)C(=O)O1. The molecule has 29 heavy (non-hydrogen) atoms. The maximum atomic E-state index is 14.8. The average molecular weight is 433 g/mol. The van der Waals surface area contributed by atoms with Gasteiger partial charge in [0.2, 0.25) is 0 Å². The Kier molecular flexibility index (Phi) is 5.45. The molecule has 4 rings (SSSR count). The lowest BCUT2D eigenvalue weighted by Crippen LogP contribution is -2.32. The largest absolute Gasteiger partial charge is 0.442 e. The predicted octanol–water partition coefficient (Wildman–Crippen LogP) is 2.25. The molecule has 3 aromatic rings. The number of anilines is 1. The Hall–Kier alpha value is -2.99. The van der Waals surface area contributed by atoms with Gasteiger partial charge < -0.3 is 10.1 Å². The zero-order chi connectivity index (χ0) is 20.4. The van der Waals surface area contributed by atoms with E-state index in [9.17, 15) is 9.18 Å². The lowest BCUT2D eigenvalue weighted by Gasteiger charge is -2.14. The molecule has 2 aromatic heterocycles. The Morgan fingerprint density at radius 2 is 2.34 bits per heavy atom. The lowest BCUT2D eigenvalue weighted by molar-refractivity contribution is 0.143. The number of amides is 1. The molecule has 150 valence electrons. The number of cyclic esters (lactones) is 1. The van der Waals surface area contributed by atoms with Crippen LogP contribution in [0.4, 0.5) is 14.9 Å². The number of carbonyl (C=O) groups is 1. The highest BCUT2D eigenvalue weighted by molar-refractivity contribution is 7.80. The van der Waals surface area contributed by atoms with E-state index in [0.717, 1.165) is 5.01 Å². The third-order valence-corrected chi connectivity index (χ3v) is 5.21. The lowest BCUT2D eigenvalue weighted by atomic mass is 10.1. The van der Waals surface area contributed by atoms with Crippen LogP contribution in [0.5, 0.6) is 0 Å². The van der Waals surface area contributed by atoms with Gasteiger partial charge in [-0.2, -0.15) is 0 Å². The van der Waals surface area contributed by atoms with E-state index in [1.54, 1.807) is 24.4 Å². The number of halogens is 1. The van der Waals surface area contributed by atoms with Crippen molar-refractivity contribution >= 4 is 40.3 Å². The van der Waals surface area contributed by atoms with E-state index in [1.807, 2.05) is 0 Å². The minimum absolute atomic E-state index is 0.319. The predicted molar refractivity (Wildman–Crippen MR) is 108 cm³/mol. The van der Waals surface area contributed by atoms with E-state index in [0.29, 0.717) is 41.6 Å². The van der Waals surface area contributed by atoms with Gasteiger partial charge >= 0.3 is 6.09 Å². The number of hydrogen-bond acceptors (Lipinski definition) is 8. The molecule has 1 atom stereocenters. The summed E-state index contributed by atoms with van der Waals surface area (Å²) in [6.45, 7) is 2.90. The molecule has 0 bridgehead atoms. The highest BCUT2D eigenvalue weighted by Crippen LogP contribution is 2.30. The van der Waals surface area contributed by atoms with Crippen molar-refractivity contribution in [3.63, 3.8) is 0 Å². The monoisotopic (exact) mass is 433 g/mol. The first-order valence-electron chi connectivity index (χ1n) is 8.67. The van der Waals surface area contributed by atoms with Crippen LogP contribution in [0.2, 0.25) is 0 Å². The van der Waals surface area contributed by atoms with Crippen molar-refractivity contribution in [2.24, 2.45) is 0 Å². The van der Waals surface area contributed by atoms with E-state index in [2.05, 4.69) is 25.8 Å². The fraction of sp³-hybridized carbons (Fsp3) is 0.294. The maximum Gasteiger partial charge on any atom is 0.414 e. The van der Waals surface area contributed by atoms with Gasteiger partial charge in [-0.3, -0.25) is 4.90 Å². The van der Waals surface area contributed by atoms with E-state index < -0.39 is 11.9 Å². The second-order valence-corrected chi connectivity index (χ2v) is 7.91. The third kappa shape index (κ3) is 4.38. The molecule has 1 aliphatic rings. The fourth-order valence-corrected chi connectivity index (χ4v) is 3.74. The van der Waals surface area contributed by atoms with E-state index >= 15 is 0 Å². The van der Waals surface area contributed by atoms with E-state index in [1.165, 1.54) is 33.3 Å². The van der Waals surface area contributed by atoms with Gasteiger partial charge in [-0.05, 0) is 35.5 Å². The van der Waals surface area contributed by atoms with Crippen molar-refractivity contribution in [1.82, 2.24) is 30.5 Å². The Labute approximate surface area is 174 Å². The minimum Gasteiger partial charge on any atom is -0.442 e. The zero-order valence-electron chi connectivity index (χ0n) is 15.3. The highest BCUT2D eigenvalue weighted by Gasteiger charge is 2.32. The van der Waals surface area contributed by atoms with Crippen molar-refractivity contribution in [3.8, 4) is 11.3 Å². The normalized spacial score (nSPS) is 16.1. The van der Waals surface area contributed by atoms with Crippen molar-refractivity contribution in [1.29, 1.82) is 0 Å². The second-order valence-electron chi connectivity index (χ2n) is 6.35. The topological polar surface area (TPSA) is 98.1 Å². The summed E-state index contributed by atoms with van der Waals surface area (Å²) >= 11 is 6.36. The van der Waals surface area contributed by atoms with Crippen LogP contribution in [0.25, 0.3) is 11.3 Å². The standard InChI is InChI=1S/C17H16FN7O2S2/c1-10(28)19-5-12-6-25(17(26)27-12)11-2-3-13(14(18)4-11)15-8-29-16(21-15)7-24-9-20-22-23-24/h2-4,8-9,12H,5-7H2,1H3,(H,19,28)/t12-/m0/s1. The van der Waals surface area contributed by atoms with Crippen molar-refractivity contribution in [3.05, 3.63) is 40.7 Å². The van der Waals surface area contributed by atoms with E-state index in [-0.39, 0.29) is 6.10 Å². The summed E-state index contributed by atoms with van der Waals surface area (Å²) in [4.78, 5) is 18.6. The Morgan fingerprint density at radius 3 is 3.07 bits per heavy atom. The first kappa shape index (κ1) is 19.3. The summed E-state index contributed by atoms with van der Waals surface area (Å²) in [5.41, 5.74) is 1.31. The zero-order valence-corrected chi connectivity index (χ0v) is 16.9. The van der Waals surface area contributed by atoms with Crippen LogP contribution < -0.4 is 10.2 Å². The molecule has 9 nitrogen and oxygen atoms in total. The summed E-state index contributed by atoms with van der Waals surface area (Å²) in [6.07, 6.45) is 0.626. The number of ether oxygens (including phenoxy) is 1. The van der Waals surface area contributed by atoms with Gasteiger partial charge in [-0.15, -0.1) is 16.4 Å². The summed E-state index contributed by atoms with van der Waals surface area (Å²) in [5, 5.41) is 16.4. The first-order valence-corrected chi connectivity index (χ1v) is 9.96. The molecule has 1 amide bonds. The Balaban J connectivity index is 1.48.